The second-order valence-electron chi connectivity index (χ2n) is 5.47. The van der Waals surface area contributed by atoms with Crippen LogP contribution in [0.5, 0.6) is 5.75 Å². The Hall–Kier alpha value is -2.80. The Kier molecular flexibility index (Phi) is 4.47. The van der Waals surface area contributed by atoms with E-state index < -0.39 is 5.41 Å². The van der Waals surface area contributed by atoms with Crippen molar-refractivity contribution in [1.29, 1.82) is 5.26 Å². The summed E-state index contributed by atoms with van der Waals surface area (Å²) in [5.74, 6) is 0.514. The van der Waals surface area contributed by atoms with Crippen molar-refractivity contribution in [2.75, 3.05) is 12.4 Å². The molecule has 22 heavy (non-hydrogen) atoms. The molecule has 4 heteroatoms. The lowest BCUT2D eigenvalue weighted by atomic mass is 9.83. The van der Waals surface area contributed by atoms with Crippen LogP contribution in [0.1, 0.15) is 25.0 Å². The van der Waals surface area contributed by atoms with Gasteiger partial charge in [0.2, 0.25) is 5.91 Å². The van der Waals surface area contributed by atoms with Crippen LogP contribution in [-0.4, -0.2) is 13.0 Å². The zero-order valence-electron chi connectivity index (χ0n) is 12.9. The monoisotopic (exact) mass is 294 g/mol. The number of amides is 1. The molecule has 0 radical (unpaired) electrons. The summed E-state index contributed by atoms with van der Waals surface area (Å²) in [4.78, 5) is 12.7. The molecule has 0 bridgehead atoms. The highest BCUT2D eigenvalue weighted by atomic mass is 16.5. The van der Waals surface area contributed by atoms with Crippen LogP contribution in [0.3, 0.4) is 0 Å². The van der Waals surface area contributed by atoms with Crippen LogP contribution < -0.4 is 10.1 Å². The Labute approximate surface area is 130 Å². The van der Waals surface area contributed by atoms with Gasteiger partial charge in [-0.25, -0.2) is 0 Å². The van der Waals surface area contributed by atoms with E-state index in [1.165, 1.54) is 0 Å². The molecule has 2 aromatic rings. The van der Waals surface area contributed by atoms with Gasteiger partial charge >= 0.3 is 0 Å². The van der Waals surface area contributed by atoms with Gasteiger partial charge < -0.3 is 10.1 Å². The van der Waals surface area contributed by atoms with Crippen molar-refractivity contribution < 1.29 is 9.53 Å². The van der Waals surface area contributed by atoms with Gasteiger partial charge in [-0.1, -0.05) is 24.3 Å². The summed E-state index contributed by atoms with van der Waals surface area (Å²) in [6.45, 7) is 3.68. The number of nitriles is 1. The molecule has 112 valence electrons. The zero-order valence-corrected chi connectivity index (χ0v) is 12.9. The first-order valence-electron chi connectivity index (χ1n) is 6.94. The number of methoxy groups -OCH3 is 1. The van der Waals surface area contributed by atoms with Gasteiger partial charge in [0.1, 0.15) is 5.75 Å². The van der Waals surface area contributed by atoms with Crippen LogP contribution in [0.2, 0.25) is 0 Å². The van der Waals surface area contributed by atoms with Crippen molar-refractivity contribution in [2.45, 2.75) is 19.3 Å². The second-order valence-corrected chi connectivity index (χ2v) is 5.47. The number of carbonyl (C=O) groups is 1. The molecule has 0 aliphatic heterocycles. The highest BCUT2D eigenvalue weighted by Crippen LogP contribution is 2.32. The molecule has 4 nitrogen and oxygen atoms in total. The minimum Gasteiger partial charge on any atom is -0.496 e. The lowest BCUT2D eigenvalue weighted by Gasteiger charge is -2.26. The molecule has 0 aliphatic rings. The molecule has 0 saturated heterocycles. The molecule has 0 saturated carbocycles. The van der Waals surface area contributed by atoms with Crippen LogP contribution in [0.25, 0.3) is 0 Å². The van der Waals surface area contributed by atoms with E-state index in [9.17, 15) is 4.79 Å². The van der Waals surface area contributed by atoms with E-state index in [2.05, 4.69) is 11.4 Å². The largest absolute Gasteiger partial charge is 0.496 e. The minimum absolute atomic E-state index is 0.160. The molecule has 2 rings (SSSR count). The fraction of sp³-hybridized carbons (Fsp3) is 0.222. The molecule has 1 N–H and O–H groups in total. The van der Waals surface area contributed by atoms with E-state index in [1.54, 1.807) is 31.4 Å². The summed E-state index contributed by atoms with van der Waals surface area (Å²) in [7, 11) is 1.59. The molecule has 2 aromatic carbocycles. The number of nitrogens with one attached hydrogen (secondary N) is 1. The Morgan fingerprint density at radius 1 is 1.18 bits per heavy atom. The number of hydrogen-bond donors (Lipinski definition) is 1. The lowest BCUT2D eigenvalue weighted by Crippen LogP contribution is -2.35. The smallest absolute Gasteiger partial charge is 0.234 e. The predicted molar refractivity (Wildman–Crippen MR) is 85.8 cm³/mol. The molecular weight excluding hydrogens is 276 g/mol. The van der Waals surface area contributed by atoms with Crippen molar-refractivity contribution >= 4 is 11.6 Å². The predicted octanol–water partition coefficient (Wildman–Crippen LogP) is 3.48. The summed E-state index contributed by atoms with van der Waals surface area (Å²) < 4.78 is 5.35. The van der Waals surface area contributed by atoms with Gasteiger partial charge in [-0.15, -0.1) is 0 Å². The maximum Gasteiger partial charge on any atom is 0.234 e. The van der Waals surface area contributed by atoms with Gasteiger partial charge in [0.05, 0.1) is 24.2 Å². The Balaban J connectivity index is 2.29. The third-order valence-electron chi connectivity index (χ3n) is 3.60. The number of hydrogen-bond acceptors (Lipinski definition) is 3. The van der Waals surface area contributed by atoms with Crippen molar-refractivity contribution in [3.05, 3.63) is 59.7 Å². The summed E-state index contributed by atoms with van der Waals surface area (Å²) in [5.41, 5.74) is 1.15. The van der Waals surface area contributed by atoms with Gasteiger partial charge in [0, 0.05) is 11.3 Å². The van der Waals surface area contributed by atoms with Crippen LogP contribution in [0, 0.1) is 11.3 Å². The summed E-state index contributed by atoms with van der Waals surface area (Å²) in [6, 6.07) is 16.4. The Morgan fingerprint density at radius 3 is 2.59 bits per heavy atom. The average Bonchev–Trinajstić information content (AvgIpc) is 2.54. The van der Waals surface area contributed by atoms with E-state index in [4.69, 9.17) is 10.00 Å². The van der Waals surface area contributed by atoms with Crippen LogP contribution >= 0.6 is 0 Å². The summed E-state index contributed by atoms with van der Waals surface area (Å²) in [6.07, 6.45) is 0. The van der Waals surface area contributed by atoms with Crippen molar-refractivity contribution in [2.24, 2.45) is 0 Å². The van der Waals surface area contributed by atoms with Gasteiger partial charge in [-0.3, -0.25) is 4.79 Å². The van der Waals surface area contributed by atoms with Gasteiger partial charge in [-0.05, 0) is 38.1 Å². The van der Waals surface area contributed by atoms with Gasteiger partial charge in [-0.2, -0.15) is 5.26 Å². The fourth-order valence-electron chi connectivity index (χ4n) is 2.24. The molecule has 0 aliphatic carbocycles. The first-order chi connectivity index (χ1) is 10.5. The molecule has 1 amide bonds. The standard InChI is InChI=1S/C18H18N2O2/c1-18(2,15-9-4-5-10-16(15)22-3)17(21)20-14-8-6-7-13(11-14)12-19/h4-11H,1-3H3,(H,20,21). The number of benzene rings is 2. The Morgan fingerprint density at radius 2 is 1.91 bits per heavy atom. The van der Waals surface area contributed by atoms with Crippen LogP contribution in [0.15, 0.2) is 48.5 Å². The second kappa shape index (κ2) is 6.31. The van der Waals surface area contributed by atoms with Crippen molar-refractivity contribution in [1.82, 2.24) is 0 Å². The normalized spacial score (nSPS) is 10.6. The average molecular weight is 294 g/mol. The highest BCUT2D eigenvalue weighted by Gasteiger charge is 2.32. The maximum atomic E-state index is 12.7. The molecule has 0 heterocycles. The Bertz CT molecular complexity index is 730. The summed E-state index contributed by atoms with van der Waals surface area (Å²) in [5, 5.41) is 11.8. The molecular formula is C18H18N2O2. The van der Waals surface area contributed by atoms with Crippen molar-refractivity contribution in [3.63, 3.8) is 0 Å². The topological polar surface area (TPSA) is 62.1 Å². The minimum atomic E-state index is -0.769. The van der Waals surface area contributed by atoms with Crippen LogP contribution in [0.4, 0.5) is 5.69 Å². The first-order valence-corrected chi connectivity index (χ1v) is 6.94. The van der Waals surface area contributed by atoms with E-state index in [0.29, 0.717) is 17.0 Å². The number of ether oxygens (including phenoxy) is 1. The van der Waals surface area contributed by atoms with E-state index in [-0.39, 0.29) is 5.91 Å². The molecule has 0 atom stereocenters. The lowest BCUT2D eigenvalue weighted by molar-refractivity contribution is -0.120. The summed E-state index contributed by atoms with van der Waals surface area (Å²) >= 11 is 0. The fourth-order valence-corrected chi connectivity index (χ4v) is 2.24. The van der Waals surface area contributed by atoms with Gasteiger partial charge in [0.15, 0.2) is 0 Å². The third kappa shape index (κ3) is 3.09. The number of carbonyl (C=O) groups excluding carboxylic acids is 1. The van der Waals surface area contributed by atoms with E-state index >= 15 is 0 Å². The van der Waals surface area contributed by atoms with E-state index in [1.807, 2.05) is 38.1 Å². The quantitative estimate of drug-likeness (QED) is 0.939. The van der Waals surface area contributed by atoms with Crippen molar-refractivity contribution in [3.8, 4) is 11.8 Å². The first kappa shape index (κ1) is 15.6. The molecule has 0 spiro atoms. The van der Waals surface area contributed by atoms with Crippen LogP contribution in [-0.2, 0) is 10.2 Å². The molecule has 0 aromatic heterocycles. The number of rotatable bonds is 4. The SMILES string of the molecule is COc1ccccc1C(C)(C)C(=O)Nc1cccc(C#N)c1. The molecule has 0 unspecified atom stereocenters. The number of para-hydroxylation sites is 1. The number of anilines is 1. The van der Waals surface area contributed by atoms with E-state index in [0.717, 1.165) is 5.56 Å². The highest BCUT2D eigenvalue weighted by molar-refractivity contribution is 5.99. The third-order valence-corrected chi connectivity index (χ3v) is 3.60. The molecule has 0 fully saturated rings. The number of nitrogens with zero attached hydrogens (tertiary/aromatic N) is 1. The zero-order chi connectivity index (χ0) is 16.2. The van der Waals surface area contributed by atoms with Gasteiger partial charge in [0.25, 0.3) is 0 Å². The maximum absolute atomic E-state index is 12.7.